The largest absolute Gasteiger partial charge is 0.352 e. The van der Waals surface area contributed by atoms with Crippen molar-refractivity contribution < 1.29 is 9.59 Å². The molecule has 1 fully saturated rings. The standard InChI is InChI=1S/C25H30N6O2/c1-15-12-16(2)27-25(26-15)31-18(4)21(17(3)30-31)14-23(32)29-22(24(33)28-20-10-11-20)13-19-8-6-5-7-9-19/h5-9,12,20,22H,10-11,13-14H2,1-4H3,(H,28,33)(H,29,32). The van der Waals surface area contributed by atoms with Crippen LogP contribution < -0.4 is 10.6 Å². The highest BCUT2D eigenvalue weighted by Gasteiger charge is 2.29. The minimum absolute atomic E-state index is 0.129. The molecule has 1 aliphatic rings. The van der Waals surface area contributed by atoms with Gasteiger partial charge in [-0.05, 0) is 52.2 Å². The van der Waals surface area contributed by atoms with Crippen LogP contribution in [-0.4, -0.2) is 43.6 Å². The van der Waals surface area contributed by atoms with Gasteiger partial charge in [0.2, 0.25) is 11.8 Å². The molecule has 0 spiro atoms. The first-order valence-corrected chi connectivity index (χ1v) is 11.3. The number of aromatic nitrogens is 4. The number of amides is 2. The summed E-state index contributed by atoms with van der Waals surface area (Å²) >= 11 is 0. The molecule has 172 valence electrons. The Morgan fingerprint density at radius 2 is 1.73 bits per heavy atom. The summed E-state index contributed by atoms with van der Waals surface area (Å²) in [4.78, 5) is 34.8. The van der Waals surface area contributed by atoms with E-state index in [2.05, 4.69) is 25.7 Å². The second-order valence-corrected chi connectivity index (χ2v) is 8.78. The lowest BCUT2D eigenvalue weighted by Crippen LogP contribution is -2.49. The van der Waals surface area contributed by atoms with Crippen molar-refractivity contribution >= 4 is 11.8 Å². The zero-order chi connectivity index (χ0) is 23.5. The van der Waals surface area contributed by atoms with Crippen LogP contribution in [0, 0.1) is 27.7 Å². The predicted octanol–water partition coefficient (Wildman–Crippen LogP) is 2.44. The Morgan fingerprint density at radius 1 is 1.06 bits per heavy atom. The number of nitrogens with one attached hydrogen (secondary N) is 2. The summed E-state index contributed by atoms with van der Waals surface area (Å²) in [6.07, 6.45) is 2.56. The molecular weight excluding hydrogens is 416 g/mol. The van der Waals surface area contributed by atoms with Gasteiger partial charge in [-0.1, -0.05) is 30.3 Å². The smallest absolute Gasteiger partial charge is 0.251 e. The van der Waals surface area contributed by atoms with Crippen LogP contribution in [0.25, 0.3) is 5.95 Å². The van der Waals surface area contributed by atoms with E-state index in [1.807, 2.05) is 64.1 Å². The van der Waals surface area contributed by atoms with Crippen molar-refractivity contribution in [1.82, 2.24) is 30.4 Å². The lowest BCUT2D eigenvalue weighted by atomic mass is 10.0. The molecular formula is C25H30N6O2. The Balaban J connectivity index is 1.51. The van der Waals surface area contributed by atoms with E-state index in [1.165, 1.54) is 0 Å². The normalized spacial score (nSPS) is 14.1. The number of carbonyl (C=O) groups excluding carboxylic acids is 2. The fourth-order valence-electron chi connectivity index (χ4n) is 3.92. The number of nitrogens with zero attached hydrogens (tertiary/aromatic N) is 4. The maximum atomic E-state index is 13.0. The van der Waals surface area contributed by atoms with Crippen LogP contribution in [0.4, 0.5) is 0 Å². The van der Waals surface area contributed by atoms with Crippen molar-refractivity contribution in [2.24, 2.45) is 0 Å². The first-order valence-electron chi connectivity index (χ1n) is 11.3. The SMILES string of the molecule is Cc1cc(C)nc(-n2nc(C)c(CC(=O)NC(Cc3ccccc3)C(=O)NC3CC3)c2C)n1. The highest BCUT2D eigenvalue weighted by molar-refractivity contribution is 5.89. The summed E-state index contributed by atoms with van der Waals surface area (Å²) < 4.78 is 1.68. The quantitative estimate of drug-likeness (QED) is 0.553. The Bertz CT molecular complexity index is 1150. The van der Waals surface area contributed by atoms with Crippen molar-refractivity contribution in [2.45, 2.75) is 65.5 Å². The van der Waals surface area contributed by atoms with E-state index in [4.69, 9.17) is 0 Å². The first kappa shape index (κ1) is 22.6. The molecule has 1 aromatic carbocycles. The topological polar surface area (TPSA) is 102 Å². The number of rotatable bonds is 8. The van der Waals surface area contributed by atoms with E-state index < -0.39 is 6.04 Å². The zero-order valence-electron chi connectivity index (χ0n) is 19.6. The lowest BCUT2D eigenvalue weighted by molar-refractivity contribution is -0.128. The van der Waals surface area contributed by atoms with Crippen LogP contribution in [0.1, 0.15) is 46.7 Å². The Hall–Kier alpha value is -3.55. The molecule has 0 aliphatic heterocycles. The van der Waals surface area contributed by atoms with Gasteiger partial charge in [0.15, 0.2) is 0 Å². The molecule has 1 unspecified atom stereocenters. The summed E-state index contributed by atoms with van der Waals surface area (Å²) in [6.45, 7) is 7.61. The molecule has 2 N–H and O–H groups in total. The molecule has 8 heteroatoms. The number of hydrogen-bond donors (Lipinski definition) is 2. The van der Waals surface area contributed by atoms with Gasteiger partial charge in [-0.25, -0.2) is 14.6 Å². The molecule has 4 rings (SSSR count). The molecule has 1 saturated carbocycles. The van der Waals surface area contributed by atoms with Gasteiger partial charge in [0, 0.05) is 35.1 Å². The first-order chi connectivity index (χ1) is 15.8. The van der Waals surface area contributed by atoms with E-state index >= 15 is 0 Å². The van der Waals surface area contributed by atoms with Crippen molar-refractivity contribution in [3.63, 3.8) is 0 Å². The lowest BCUT2D eigenvalue weighted by Gasteiger charge is -2.19. The van der Waals surface area contributed by atoms with Crippen LogP contribution in [0.5, 0.6) is 0 Å². The second kappa shape index (κ2) is 9.52. The summed E-state index contributed by atoms with van der Waals surface area (Å²) in [5, 5.41) is 10.5. The molecule has 2 aromatic heterocycles. The molecule has 3 aromatic rings. The van der Waals surface area contributed by atoms with Gasteiger partial charge >= 0.3 is 0 Å². The number of benzene rings is 1. The van der Waals surface area contributed by atoms with Crippen LogP contribution in [0.3, 0.4) is 0 Å². The van der Waals surface area contributed by atoms with Gasteiger partial charge in [0.05, 0.1) is 12.1 Å². The molecule has 33 heavy (non-hydrogen) atoms. The maximum Gasteiger partial charge on any atom is 0.251 e. The Labute approximate surface area is 193 Å². The van der Waals surface area contributed by atoms with Crippen molar-refractivity contribution in [2.75, 3.05) is 0 Å². The highest BCUT2D eigenvalue weighted by atomic mass is 16.2. The van der Waals surface area contributed by atoms with E-state index in [9.17, 15) is 9.59 Å². The fourth-order valence-corrected chi connectivity index (χ4v) is 3.92. The second-order valence-electron chi connectivity index (χ2n) is 8.78. The van der Waals surface area contributed by atoms with Gasteiger partial charge in [0.1, 0.15) is 6.04 Å². The molecule has 0 bridgehead atoms. The van der Waals surface area contributed by atoms with Gasteiger partial charge in [-0.15, -0.1) is 0 Å². The van der Waals surface area contributed by atoms with Crippen molar-refractivity contribution in [3.05, 3.63) is 70.3 Å². The molecule has 1 aliphatic carbocycles. The number of hydrogen-bond acceptors (Lipinski definition) is 5. The highest BCUT2D eigenvalue weighted by Crippen LogP contribution is 2.20. The average molecular weight is 447 g/mol. The van der Waals surface area contributed by atoms with Gasteiger partial charge in [0.25, 0.3) is 5.95 Å². The molecule has 2 amide bonds. The molecule has 0 saturated heterocycles. The molecule has 1 atom stereocenters. The van der Waals surface area contributed by atoms with Crippen molar-refractivity contribution in [3.8, 4) is 5.95 Å². The van der Waals surface area contributed by atoms with E-state index in [0.717, 1.165) is 46.7 Å². The average Bonchev–Trinajstić information content (AvgIpc) is 3.54. The third-order valence-electron chi connectivity index (χ3n) is 5.80. The third-order valence-corrected chi connectivity index (χ3v) is 5.80. The summed E-state index contributed by atoms with van der Waals surface area (Å²) in [5.74, 6) is 0.141. The van der Waals surface area contributed by atoms with Gasteiger partial charge in [-0.3, -0.25) is 9.59 Å². The molecule has 8 nitrogen and oxygen atoms in total. The van der Waals surface area contributed by atoms with E-state index in [0.29, 0.717) is 12.4 Å². The minimum atomic E-state index is -0.626. The van der Waals surface area contributed by atoms with Crippen LogP contribution in [0.2, 0.25) is 0 Å². The molecule has 0 radical (unpaired) electrons. The number of aryl methyl sites for hydroxylation is 3. The third kappa shape index (κ3) is 5.63. The van der Waals surface area contributed by atoms with Crippen molar-refractivity contribution in [1.29, 1.82) is 0 Å². The summed E-state index contributed by atoms with van der Waals surface area (Å²) in [5.41, 5.74) is 5.09. The van der Waals surface area contributed by atoms with Crippen LogP contribution in [-0.2, 0) is 22.4 Å². The molecule has 2 heterocycles. The zero-order valence-corrected chi connectivity index (χ0v) is 19.6. The van der Waals surface area contributed by atoms with Gasteiger partial charge < -0.3 is 10.6 Å². The summed E-state index contributed by atoms with van der Waals surface area (Å²) in [6, 6.07) is 11.2. The van der Waals surface area contributed by atoms with Gasteiger partial charge in [-0.2, -0.15) is 5.10 Å². The predicted molar refractivity (Wildman–Crippen MR) is 125 cm³/mol. The number of carbonyl (C=O) groups is 2. The minimum Gasteiger partial charge on any atom is -0.352 e. The van der Waals surface area contributed by atoms with Crippen LogP contribution in [0.15, 0.2) is 36.4 Å². The van der Waals surface area contributed by atoms with E-state index in [1.54, 1.807) is 4.68 Å². The monoisotopic (exact) mass is 446 g/mol. The van der Waals surface area contributed by atoms with Crippen LogP contribution >= 0.6 is 0 Å². The summed E-state index contributed by atoms with van der Waals surface area (Å²) in [7, 11) is 0. The van der Waals surface area contributed by atoms with E-state index in [-0.39, 0.29) is 24.3 Å². The fraction of sp³-hybridized carbons (Fsp3) is 0.400. The Kier molecular flexibility index (Phi) is 6.53. The maximum absolute atomic E-state index is 13.0. The Morgan fingerprint density at radius 3 is 2.36 bits per heavy atom.